The third-order valence-corrected chi connectivity index (χ3v) is 2.83. The smallest absolute Gasteiger partial charge is 0.323 e. The zero-order chi connectivity index (χ0) is 21.6. The minimum absolute atomic E-state index is 0.0208. The summed E-state index contributed by atoms with van der Waals surface area (Å²) in [4.78, 5) is 40.0. The number of nitrogens with two attached hydrogens (primary N) is 4. The molecule has 0 heterocycles. The molecular weight excluding hydrogens is 352 g/mol. The first-order valence-corrected chi connectivity index (χ1v) is 7.56. The van der Waals surface area contributed by atoms with Crippen LogP contribution in [0.3, 0.4) is 0 Å². The molecule has 0 aliphatic heterocycles. The van der Waals surface area contributed by atoms with Gasteiger partial charge in [0.2, 0.25) is 5.91 Å². The lowest BCUT2D eigenvalue weighted by molar-refractivity contribution is -0.141. The number of primary amides is 1. The summed E-state index contributed by atoms with van der Waals surface area (Å²) >= 11 is 0. The van der Waals surface area contributed by atoms with E-state index in [0.29, 0.717) is 0 Å². The van der Waals surface area contributed by atoms with E-state index in [1.807, 2.05) is 0 Å². The van der Waals surface area contributed by atoms with Crippen LogP contribution in [0.25, 0.3) is 0 Å². The Balaban J connectivity index is -0.000000308. The normalized spacial score (nSPS) is 14.5. The Morgan fingerprint density at radius 3 is 1.31 bits per heavy atom. The van der Waals surface area contributed by atoms with Crippen molar-refractivity contribution in [2.75, 3.05) is 0 Å². The largest absolute Gasteiger partial charge is 0.480 e. The predicted molar refractivity (Wildman–Crippen MR) is 91.8 cm³/mol. The number of carboxylic acids is 3. The van der Waals surface area contributed by atoms with E-state index in [0.717, 1.165) is 0 Å². The molecule has 0 saturated heterocycles. The second-order valence-electron chi connectivity index (χ2n) is 5.66. The summed E-state index contributed by atoms with van der Waals surface area (Å²) in [6, 6.07) is -2.85. The van der Waals surface area contributed by atoms with Crippen LogP contribution >= 0.6 is 0 Å². The highest BCUT2D eigenvalue weighted by molar-refractivity contribution is 5.77. The van der Waals surface area contributed by atoms with E-state index in [2.05, 4.69) is 0 Å². The highest BCUT2D eigenvalue weighted by Gasteiger charge is 2.16. The van der Waals surface area contributed by atoms with Crippen molar-refractivity contribution in [2.45, 2.75) is 57.8 Å². The van der Waals surface area contributed by atoms with Crippen molar-refractivity contribution in [1.29, 1.82) is 0 Å². The molecule has 0 bridgehead atoms. The SMILES string of the molecule is CC(C)[C@H](N)C(=O)O.C[C@@H](O)[C@H](N)C(=O)O.NC(=O)CC[C@H](N)C(=O)O. The van der Waals surface area contributed by atoms with Gasteiger partial charge in [0.25, 0.3) is 0 Å². The molecule has 12 nitrogen and oxygen atoms in total. The molecule has 154 valence electrons. The lowest BCUT2D eigenvalue weighted by Gasteiger charge is -2.07. The fraction of sp³-hybridized carbons (Fsp3) is 0.714. The Morgan fingerprint density at radius 1 is 0.808 bits per heavy atom. The fourth-order valence-corrected chi connectivity index (χ4v) is 0.913. The molecule has 12 N–H and O–H groups in total. The van der Waals surface area contributed by atoms with E-state index in [1.165, 1.54) is 6.92 Å². The van der Waals surface area contributed by atoms with Crippen molar-refractivity contribution < 1.29 is 39.6 Å². The van der Waals surface area contributed by atoms with Crippen LogP contribution in [0.15, 0.2) is 0 Å². The van der Waals surface area contributed by atoms with Gasteiger partial charge < -0.3 is 43.4 Å². The monoisotopic (exact) mass is 382 g/mol. The number of carbonyl (C=O) groups excluding carboxylic acids is 1. The number of rotatable bonds is 8. The number of amides is 1. The van der Waals surface area contributed by atoms with Crippen LogP contribution in [0.1, 0.15) is 33.6 Å². The zero-order valence-electron chi connectivity index (χ0n) is 15.0. The molecule has 4 atom stereocenters. The van der Waals surface area contributed by atoms with E-state index >= 15 is 0 Å². The molecule has 12 heteroatoms. The molecule has 0 saturated carbocycles. The average molecular weight is 382 g/mol. The van der Waals surface area contributed by atoms with Gasteiger partial charge in [0.1, 0.15) is 18.1 Å². The summed E-state index contributed by atoms with van der Waals surface area (Å²) in [5.41, 5.74) is 19.9. The molecule has 0 aromatic heterocycles. The van der Waals surface area contributed by atoms with E-state index in [1.54, 1.807) is 13.8 Å². The maximum Gasteiger partial charge on any atom is 0.323 e. The van der Waals surface area contributed by atoms with Crippen LogP contribution in [0.2, 0.25) is 0 Å². The number of hydrogen-bond donors (Lipinski definition) is 8. The van der Waals surface area contributed by atoms with E-state index in [4.69, 9.17) is 43.4 Å². The van der Waals surface area contributed by atoms with Crippen LogP contribution in [-0.4, -0.2) is 68.5 Å². The number of carbonyl (C=O) groups is 4. The zero-order valence-corrected chi connectivity index (χ0v) is 15.0. The first-order chi connectivity index (χ1) is 11.6. The van der Waals surface area contributed by atoms with Gasteiger partial charge in [-0.25, -0.2) is 0 Å². The van der Waals surface area contributed by atoms with Crippen LogP contribution in [0.5, 0.6) is 0 Å². The third kappa shape index (κ3) is 18.1. The Morgan fingerprint density at radius 2 is 1.19 bits per heavy atom. The van der Waals surface area contributed by atoms with E-state index < -0.39 is 48.0 Å². The number of aliphatic hydroxyl groups is 1. The topological polar surface area (TPSA) is 253 Å². The predicted octanol–water partition coefficient (Wildman–Crippen LogP) is -2.50. The van der Waals surface area contributed by atoms with Gasteiger partial charge >= 0.3 is 17.9 Å². The maximum atomic E-state index is 10.1. The molecule has 0 radical (unpaired) electrons. The highest BCUT2D eigenvalue weighted by atomic mass is 16.4. The van der Waals surface area contributed by atoms with Crippen LogP contribution < -0.4 is 22.9 Å². The molecule has 0 rings (SSSR count). The minimum atomic E-state index is -1.18. The molecule has 0 aromatic carbocycles. The van der Waals surface area contributed by atoms with Crippen molar-refractivity contribution in [3.05, 3.63) is 0 Å². The standard InChI is InChI=1S/C5H10N2O3.C5H11NO2.C4H9NO3/c6-3(5(9)10)1-2-4(7)8;1-3(2)4(6)5(7)8;1-2(6)3(5)4(7)8/h3H,1-2,6H2,(H2,7,8)(H,9,10);3-4H,6H2,1-2H3,(H,7,8);2-3,6H,5H2,1H3,(H,7,8)/t3-;4-;2-,3+/m001/s1. The Hall–Kier alpha value is -2.28. The van der Waals surface area contributed by atoms with Gasteiger partial charge in [0, 0.05) is 6.42 Å². The second-order valence-corrected chi connectivity index (χ2v) is 5.66. The lowest BCUT2D eigenvalue weighted by atomic mass is 10.1. The molecular formula is C14H30N4O8. The van der Waals surface area contributed by atoms with Gasteiger partial charge in [-0.2, -0.15) is 0 Å². The first-order valence-electron chi connectivity index (χ1n) is 7.56. The number of carboxylic acid groups (broad SMARTS) is 3. The Kier molecular flexibility index (Phi) is 16.5. The molecule has 1 amide bonds. The van der Waals surface area contributed by atoms with Gasteiger partial charge in [-0.05, 0) is 19.3 Å². The van der Waals surface area contributed by atoms with Crippen LogP contribution in [0, 0.1) is 5.92 Å². The third-order valence-electron chi connectivity index (χ3n) is 2.83. The molecule has 0 spiro atoms. The molecule has 0 aromatic rings. The summed E-state index contributed by atoms with van der Waals surface area (Å²) in [5, 5.41) is 33.0. The Bertz CT molecular complexity index is 432. The molecule has 0 unspecified atom stereocenters. The van der Waals surface area contributed by atoms with Gasteiger partial charge in [-0.3, -0.25) is 19.2 Å². The summed E-state index contributed by atoms with van der Waals surface area (Å²) in [7, 11) is 0. The van der Waals surface area contributed by atoms with Gasteiger partial charge in [-0.15, -0.1) is 0 Å². The minimum Gasteiger partial charge on any atom is -0.480 e. The van der Waals surface area contributed by atoms with Crippen LogP contribution in [-0.2, 0) is 19.2 Å². The van der Waals surface area contributed by atoms with E-state index in [9.17, 15) is 19.2 Å². The molecule has 0 aliphatic carbocycles. The first kappa shape index (κ1) is 28.5. The fourth-order valence-electron chi connectivity index (χ4n) is 0.913. The van der Waals surface area contributed by atoms with Crippen molar-refractivity contribution in [2.24, 2.45) is 28.9 Å². The second kappa shape index (κ2) is 15.0. The summed E-state index contributed by atoms with van der Waals surface area (Å²) in [6.45, 7) is 4.89. The van der Waals surface area contributed by atoms with Crippen molar-refractivity contribution >= 4 is 23.8 Å². The highest BCUT2D eigenvalue weighted by Crippen LogP contribution is 1.96. The number of aliphatic hydroxyl groups excluding tert-OH is 1. The number of hydrogen-bond acceptors (Lipinski definition) is 8. The summed E-state index contributed by atoms with van der Waals surface area (Å²) < 4.78 is 0. The van der Waals surface area contributed by atoms with Crippen molar-refractivity contribution in [3.8, 4) is 0 Å². The molecule has 26 heavy (non-hydrogen) atoms. The van der Waals surface area contributed by atoms with Gasteiger partial charge in [-0.1, -0.05) is 13.8 Å². The van der Waals surface area contributed by atoms with E-state index in [-0.39, 0.29) is 18.8 Å². The quantitative estimate of drug-likeness (QED) is 0.217. The van der Waals surface area contributed by atoms with Crippen LogP contribution in [0.4, 0.5) is 0 Å². The summed E-state index contributed by atoms with van der Waals surface area (Å²) in [6.07, 6.45) is -0.856. The Labute approximate surface area is 151 Å². The van der Waals surface area contributed by atoms with Gasteiger partial charge in [0.15, 0.2) is 0 Å². The maximum absolute atomic E-state index is 10.1. The van der Waals surface area contributed by atoms with Crippen molar-refractivity contribution in [3.63, 3.8) is 0 Å². The number of aliphatic carboxylic acids is 3. The molecule has 0 fully saturated rings. The van der Waals surface area contributed by atoms with Gasteiger partial charge in [0.05, 0.1) is 6.10 Å². The lowest BCUT2D eigenvalue weighted by Crippen LogP contribution is -2.39. The average Bonchev–Trinajstić information content (AvgIpc) is 2.51. The molecule has 0 aliphatic rings. The van der Waals surface area contributed by atoms with Crippen molar-refractivity contribution in [1.82, 2.24) is 0 Å². The summed E-state index contributed by atoms with van der Waals surface area (Å²) in [5.74, 6) is -3.73.